The lowest BCUT2D eigenvalue weighted by Gasteiger charge is -2.25. The summed E-state index contributed by atoms with van der Waals surface area (Å²) >= 11 is 0. The Morgan fingerprint density at radius 3 is 2.96 bits per heavy atom. The molecule has 1 atom stereocenters. The summed E-state index contributed by atoms with van der Waals surface area (Å²) in [5.74, 6) is 0.0321. The third-order valence-electron chi connectivity index (χ3n) is 4.95. The SMILES string of the molecule is CCn1nnc2cc(C(=O)N(C)C3CCc4ccccc43)ccc21. The molecule has 0 saturated heterocycles. The highest BCUT2D eigenvalue weighted by molar-refractivity contribution is 5.97. The number of hydrogen-bond acceptors (Lipinski definition) is 3. The zero-order valence-corrected chi connectivity index (χ0v) is 13.9. The van der Waals surface area contributed by atoms with Crippen molar-refractivity contribution in [3.63, 3.8) is 0 Å². The van der Waals surface area contributed by atoms with E-state index in [0.717, 1.165) is 30.4 Å². The third kappa shape index (κ3) is 2.28. The van der Waals surface area contributed by atoms with Crippen LogP contribution < -0.4 is 0 Å². The standard InChI is InChI=1S/C19H20N4O/c1-3-23-18-11-9-14(12-16(18)20-21-23)19(24)22(2)17-10-8-13-6-4-5-7-15(13)17/h4-7,9,11-12,17H,3,8,10H2,1-2H3. The van der Waals surface area contributed by atoms with E-state index in [9.17, 15) is 4.79 Å². The molecule has 1 unspecified atom stereocenters. The lowest BCUT2D eigenvalue weighted by molar-refractivity contribution is 0.0730. The molecule has 3 aromatic rings. The highest BCUT2D eigenvalue weighted by Crippen LogP contribution is 2.35. The van der Waals surface area contributed by atoms with Gasteiger partial charge in [0.25, 0.3) is 5.91 Å². The molecule has 2 aromatic carbocycles. The second-order valence-electron chi connectivity index (χ2n) is 6.28. The smallest absolute Gasteiger partial charge is 0.254 e. The van der Waals surface area contributed by atoms with Crippen molar-refractivity contribution in [3.05, 3.63) is 59.2 Å². The third-order valence-corrected chi connectivity index (χ3v) is 4.95. The molecule has 0 N–H and O–H groups in total. The zero-order valence-electron chi connectivity index (χ0n) is 13.9. The number of benzene rings is 2. The van der Waals surface area contributed by atoms with Crippen molar-refractivity contribution in [3.8, 4) is 0 Å². The molecule has 5 heteroatoms. The van der Waals surface area contributed by atoms with Gasteiger partial charge in [0.05, 0.1) is 11.6 Å². The summed E-state index contributed by atoms with van der Waals surface area (Å²) in [6.07, 6.45) is 2.01. The molecule has 0 fully saturated rings. The van der Waals surface area contributed by atoms with Gasteiger partial charge in [0, 0.05) is 19.2 Å². The van der Waals surface area contributed by atoms with Crippen molar-refractivity contribution in [2.45, 2.75) is 32.4 Å². The largest absolute Gasteiger partial charge is 0.335 e. The van der Waals surface area contributed by atoms with Crippen molar-refractivity contribution in [1.29, 1.82) is 0 Å². The van der Waals surface area contributed by atoms with Gasteiger partial charge in [-0.25, -0.2) is 4.68 Å². The van der Waals surface area contributed by atoms with Crippen LogP contribution in [0, 0.1) is 0 Å². The van der Waals surface area contributed by atoms with Gasteiger partial charge >= 0.3 is 0 Å². The van der Waals surface area contributed by atoms with E-state index in [1.165, 1.54) is 11.1 Å². The first-order valence-corrected chi connectivity index (χ1v) is 8.37. The van der Waals surface area contributed by atoms with E-state index in [1.54, 1.807) is 0 Å². The first-order valence-electron chi connectivity index (χ1n) is 8.37. The molecule has 0 spiro atoms. The van der Waals surface area contributed by atoms with E-state index in [4.69, 9.17) is 0 Å². The van der Waals surface area contributed by atoms with Gasteiger partial charge < -0.3 is 4.90 Å². The molecule has 0 bridgehead atoms. The first kappa shape index (κ1) is 14.9. The van der Waals surface area contributed by atoms with Gasteiger partial charge in [0.15, 0.2) is 0 Å². The van der Waals surface area contributed by atoms with Gasteiger partial charge in [-0.1, -0.05) is 29.5 Å². The Morgan fingerprint density at radius 1 is 1.29 bits per heavy atom. The van der Waals surface area contributed by atoms with Crippen LogP contribution in [-0.2, 0) is 13.0 Å². The second-order valence-corrected chi connectivity index (χ2v) is 6.28. The molecule has 122 valence electrons. The van der Waals surface area contributed by atoms with E-state index in [-0.39, 0.29) is 11.9 Å². The summed E-state index contributed by atoms with van der Waals surface area (Å²) in [6, 6.07) is 14.2. The van der Waals surface area contributed by atoms with Crippen molar-refractivity contribution in [2.24, 2.45) is 0 Å². The minimum absolute atomic E-state index is 0.0321. The molecular formula is C19H20N4O. The quantitative estimate of drug-likeness (QED) is 0.744. The summed E-state index contributed by atoms with van der Waals surface area (Å²) in [6.45, 7) is 2.79. The monoisotopic (exact) mass is 320 g/mol. The van der Waals surface area contributed by atoms with Crippen LogP contribution in [0.15, 0.2) is 42.5 Å². The lowest BCUT2D eigenvalue weighted by atomic mass is 10.1. The van der Waals surface area contributed by atoms with Crippen molar-refractivity contribution in [1.82, 2.24) is 19.9 Å². The average Bonchev–Trinajstić information content (AvgIpc) is 3.23. The van der Waals surface area contributed by atoms with Crippen LogP contribution in [0.1, 0.15) is 40.9 Å². The van der Waals surface area contributed by atoms with Gasteiger partial charge in [0.1, 0.15) is 5.52 Å². The molecule has 0 radical (unpaired) electrons. The number of hydrogen-bond donors (Lipinski definition) is 0. The molecule has 1 aliphatic carbocycles. The molecule has 0 aliphatic heterocycles. The Kier molecular flexibility index (Phi) is 3.56. The average molecular weight is 320 g/mol. The summed E-state index contributed by atoms with van der Waals surface area (Å²) in [7, 11) is 1.89. The Labute approximate surface area is 140 Å². The Morgan fingerprint density at radius 2 is 2.12 bits per heavy atom. The maximum Gasteiger partial charge on any atom is 0.254 e. The van der Waals surface area contributed by atoms with E-state index in [2.05, 4.69) is 28.5 Å². The molecule has 1 amide bonds. The second kappa shape index (κ2) is 5.74. The van der Waals surface area contributed by atoms with Crippen molar-refractivity contribution < 1.29 is 4.79 Å². The number of rotatable bonds is 3. The molecule has 1 aliphatic rings. The fourth-order valence-corrected chi connectivity index (χ4v) is 3.62. The van der Waals surface area contributed by atoms with Gasteiger partial charge in [-0.05, 0) is 49.1 Å². The van der Waals surface area contributed by atoms with Crippen LogP contribution in [0.2, 0.25) is 0 Å². The van der Waals surface area contributed by atoms with Crippen LogP contribution in [0.25, 0.3) is 11.0 Å². The molecule has 24 heavy (non-hydrogen) atoms. The molecule has 4 rings (SSSR count). The fraction of sp³-hybridized carbons (Fsp3) is 0.316. The van der Waals surface area contributed by atoms with Crippen molar-refractivity contribution >= 4 is 16.9 Å². The fourth-order valence-electron chi connectivity index (χ4n) is 3.62. The van der Waals surface area contributed by atoms with E-state index in [0.29, 0.717) is 5.56 Å². The molecule has 1 aromatic heterocycles. The predicted molar refractivity (Wildman–Crippen MR) is 92.8 cm³/mol. The summed E-state index contributed by atoms with van der Waals surface area (Å²) < 4.78 is 1.83. The van der Waals surface area contributed by atoms with Crippen molar-refractivity contribution in [2.75, 3.05) is 7.05 Å². The van der Waals surface area contributed by atoms with Gasteiger partial charge in [-0.15, -0.1) is 5.10 Å². The topological polar surface area (TPSA) is 51.0 Å². The van der Waals surface area contributed by atoms with Crippen LogP contribution >= 0.6 is 0 Å². The van der Waals surface area contributed by atoms with Crippen LogP contribution in [-0.4, -0.2) is 32.8 Å². The minimum Gasteiger partial charge on any atom is -0.335 e. The van der Waals surface area contributed by atoms with E-state index in [1.807, 2.05) is 47.8 Å². The Bertz CT molecular complexity index is 915. The molecule has 0 saturated carbocycles. The number of amides is 1. The number of nitrogens with zero attached hydrogens (tertiary/aromatic N) is 4. The summed E-state index contributed by atoms with van der Waals surface area (Å²) in [5, 5.41) is 8.28. The van der Waals surface area contributed by atoms with Gasteiger partial charge in [0.2, 0.25) is 0 Å². The van der Waals surface area contributed by atoms with Gasteiger partial charge in [-0.3, -0.25) is 4.79 Å². The normalized spacial score (nSPS) is 16.3. The Hall–Kier alpha value is -2.69. The van der Waals surface area contributed by atoms with Crippen LogP contribution in [0.4, 0.5) is 0 Å². The van der Waals surface area contributed by atoms with Crippen LogP contribution in [0.5, 0.6) is 0 Å². The zero-order chi connectivity index (χ0) is 16.7. The summed E-state index contributed by atoms with van der Waals surface area (Å²) in [4.78, 5) is 14.8. The maximum absolute atomic E-state index is 12.9. The number of carbonyl (C=O) groups is 1. The summed E-state index contributed by atoms with van der Waals surface area (Å²) in [5.41, 5.74) is 5.01. The van der Waals surface area contributed by atoms with Gasteiger partial charge in [-0.2, -0.15) is 0 Å². The first-order chi connectivity index (χ1) is 11.7. The number of aryl methyl sites for hydroxylation is 2. The highest BCUT2D eigenvalue weighted by Gasteiger charge is 2.29. The maximum atomic E-state index is 12.9. The molecule has 1 heterocycles. The number of fused-ring (bicyclic) bond motifs is 2. The lowest BCUT2D eigenvalue weighted by Crippen LogP contribution is -2.30. The van der Waals surface area contributed by atoms with Crippen LogP contribution in [0.3, 0.4) is 0 Å². The molecule has 5 nitrogen and oxygen atoms in total. The van der Waals surface area contributed by atoms with E-state index >= 15 is 0 Å². The van der Waals surface area contributed by atoms with E-state index < -0.39 is 0 Å². The minimum atomic E-state index is 0.0321. The molecular weight excluding hydrogens is 300 g/mol. The number of aromatic nitrogens is 3. The highest BCUT2D eigenvalue weighted by atomic mass is 16.2. The number of carbonyl (C=O) groups excluding carboxylic acids is 1. The predicted octanol–water partition coefficient (Wildman–Crippen LogP) is 3.21. The Balaban J connectivity index is 1.64.